The topological polar surface area (TPSA) is 125 Å². The first kappa shape index (κ1) is 25.1. The molecule has 1 aromatic carbocycles. The molecule has 0 radical (unpaired) electrons. The molecule has 4 rings (SSSR count). The van der Waals surface area contributed by atoms with Gasteiger partial charge in [0, 0.05) is 36.7 Å². The van der Waals surface area contributed by atoms with Crippen molar-refractivity contribution in [3.8, 4) is 5.75 Å². The minimum Gasteiger partial charge on any atom is -0.426 e. The molecule has 2 aliphatic rings. The van der Waals surface area contributed by atoms with E-state index in [2.05, 4.69) is 58.2 Å². The summed E-state index contributed by atoms with van der Waals surface area (Å²) in [6.45, 7) is 10.4. The number of nitrogens with one attached hydrogen (secondary N) is 2. The minimum absolute atomic E-state index is 0.130. The van der Waals surface area contributed by atoms with Crippen LogP contribution in [0.3, 0.4) is 0 Å². The second kappa shape index (κ2) is 10.7. The number of amidine groups is 1. The summed E-state index contributed by atoms with van der Waals surface area (Å²) in [6, 6.07) is 8.47. The molecule has 1 aromatic heterocycles. The van der Waals surface area contributed by atoms with E-state index in [1.807, 2.05) is 18.2 Å². The predicted octanol–water partition coefficient (Wildman–Crippen LogP) is 2.76. The Morgan fingerprint density at radius 2 is 1.83 bits per heavy atom. The van der Waals surface area contributed by atoms with E-state index < -0.39 is 0 Å². The van der Waals surface area contributed by atoms with E-state index >= 15 is 0 Å². The van der Waals surface area contributed by atoms with Crippen LogP contribution in [0.15, 0.2) is 29.3 Å². The number of esters is 1. The summed E-state index contributed by atoms with van der Waals surface area (Å²) in [5, 5.41) is 15.7. The van der Waals surface area contributed by atoms with Crippen LogP contribution in [-0.4, -0.2) is 62.6 Å². The van der Waals surface area contributed by atoms with Crippen molar-refractivity contribution < 1.29 is 9.53 Å². The van der Waals surface area contributed by atoms with Crippen molar-refractivity contribution in [2.45, 2.75) is 97.3 Å². The summed E-state index contributed by atoms with van der Waals surface area (Å²) >= 11 is 0. The molecule has 1 saturated carbocycles. The van der Waals surface area contributed by atoms with Gasteiger partial charge in [0.05, 0.1) is 6.54 Å². The Morgan fingerprint density at radius 1 is 1.14 bits per heavy atom. The fourth-order valence-electron chi connectivity index (χ4n) is 4.96. The molecule has 2 aromatic rings. The normalized spacial score (nSPS) is 23.8. The number of benzene rings is 1. The number of rotatable bonds is 7. The van der Waals surface area contributed by atoms with Crippen LogP contribution in [0.25, 0.3) is 0 Å². The number of aromatic amines is 1. The summed E-state index contributed by atoms with van der Waals surface area (Å²) in [6.07, 6.45) is 4.01. The van der Waals surface area contributed by atoms with E-state index in [1.165, 1.54) is 6.92 Å². The molecule has 4 N–H and O–H groups in total. The Labute approximate surface area is 207 Å². The van der Waals surface area contributed by atoms with Crippen LogP contribution in [0.1, 0.15) is 71.6 Å². The standard InChI is InChI=1S/C25H38N8O2/c1-15(2)32-23(27-14-18-8-6-7-9-21(18)35-17(5)34)22-24(30-31-29-22)33(16(3)4)25(32)28-20-12-10-19(26)11-13-20/h6-9,15-16,19-20,25,28H,10-14,26H2,1-5H3,(H,29,30,31). The summed E-state index contributed by atoms with van der Waals surface area (Å²) in [4.78, 5) is 21.2. The van der Waals surface area contributed by atoms with Crippen LogP contribution in [0.2, 0.25) is 0 Å². The van der Waals surface area contributed by atoms with E-state index in [9.17, 15) is 4.79 Å². The highest BCUT2D eigenvalue weighted by Gasteiger charge is 2.42. The Bertz CT molecular complexity index is 1040. The fraction of sp³-hybridized carbons (Fsp3) is 0.600. The van der Waals surface area contributed by atoms with Crippen molar-refractivity contribution >= 4 is 17.6 Å². The average Bonchev–Trinajstić information content (AvgIpc) is 3.28. The first-order valence-electron chi connectivity index (χ1n) is 12.6. The average molecular weight is 483 g/mol. The van der Waals surface area contributed by atoms with Crippen molar-refractivity contribution in [1.82, 2.24) is 25.6 Å². The number of nitrogens with two attached hydrogens (primary N) is 1. The van der Waals surface area contributed by atoms with E-state index in [0.717, 1.165) is 48.6 Å². The number of ether oxygens (including phenoxy) is 1. The van der Waals surface area contributed by atoms with Crippen LogP contribution < -0.4 is 20.7 Å². The monoisotopic (exact) mass is 482 g/mol. The molecule has 2 heterocycles. The van der Waals surface area contributed by atoms with E-state index in [0.29, 0.717) is 24.4 Å². The third kappa shape index (κ3) is 5.48. The number of nitrogens with zero attached hydrogens (tertiary/aromatic N) is 5. The van der Waals surface area contributed by atoms with E-state index in [1.54, 1.807) is 6.07 Å². The molecule has 1 unspecified atom stereocenters. The van der Waals surface area contributed by atoms with Gasteiger partial charge in [0.2, 0.25) is 0 Å². The Morgan fingerprint density at radius 3 is 2.49 bits per heavy atom. The summed E-state index contributed by atoms with van der Waals surface area (Å²) < 4.78 is 5.41. The number of carbonyl (C=O) groups excluding carboxylic acids is 1. The Balaban J connectivity index is 1.72. The predicted molar refractivity (Wildman–Crippen MR) is 136 cm³/mol. The number of aromatic nitrogens is 3. The minimum atomic E-state index is -0.352. The van der Waals surface area contributed by atoms with Crippen LogP contribution in [0.4, 0.5) is 5.82 Å². The number of carbonyl (C=O) groups is 1. The number of anilines is 1. The molecule has 190 valence electrons. The van der Waals surface area contributed by atoms with Crippen LogP contribution in [0.5, 0.6) is 5.75 Å². The van der Waals surface area contributed by atoms with Crippen molar-refractivity contribution in [2.75, 3.05) is 4.90 Å². The molecule has 0 saturated heterocycles. The van der Waals surface area contributed by atoms with Crippen molar-refractivity contribution in [3.05, 3.63) is 35.5 Å². The number of para-hydroxylation sites is 1. The van der Waals surface area contributed by atoms with E-state index in [-0.39, 0.29) is 24.3 Å². The molecule has 0 bridgehead atoms. The second-order valence-electron chi connectivity index (χ2n) is 9.99. The lowest BCUT2D eigenvalue weighted by molar-refractivity contribution is -0.131. The third-order valence-corrected chi connectivity index (χ3v) is 6.65. The molecule has 1 atom stereocenters. The van der Waals surface area contributed by atoms with Gasteiger partial charge >= 0.3 is 5.97 Å². The summed E-state index contributed by atoms with van der Waals surface area (Å²) in [5.74, 6) is 1.72. The summed E-state index contributed by atoms with van der Waals surface area (Å²) in [7, 11) is 0. The van der Waals surface area contributed by atoms with Gasteiger partial charge < -0.3 is 20.3 Å². The quantitative estimate of drug-likeness (QED) is 0.406. The van der Waals surface area contributed by atoms with Gasteiger partial charge in [-0.15, -0.1) is 5.10 Å². The zero-order valence-electron chi connectivity index (χ0n) is 21.4. The van der Waals surface area contributed by atoms with Crippen LogP contribution in [0, 0.1) is 0 Å². The third-order valence-electron chi connectivity index (χ3n) is 6.65. The van der Waals surface area contributed by atoms with Gasteiger partial charge in [-0.2, -0.15) is 10.3 Å². The van der Waals surface area contributed by atoms with Gasteiger partial charge in [-0.25, -0.2) is 0 Å². The fourth-order valence-corrected chi connectivity index (χ4v) is 4.96. The Kier molecular flexibility index (Phi) is 7.71. The molecular weight excluding hydrogens is 444 g/mol. The highest BCUT2D eigenvalue weighted by Crippen LogP contribution is 2.32. The molecule has 35 heavy (non-hydrogen) atoms. The lowest BCUT2D eigenvalue weighted by Gasteiger charge is -2.50. The van der Waals surface area contributed by atoms with Crippen molar-refractivity contribution in [3.63, 3.8) is 0 Å². The van der Waals surface area contributed by atoms with Gasteiger partial charge in [0.1, 0.15) is 5.75 Å². The smallest absolute Gasteiger partial charge is 0.308 e. The maximum Gasteiger partial charge on any atom is 0.308 e. The molecule has 10 nitrogen and oxygen atoms in total. The molecular formula is C25H38N8O2. The van der Waals surface area contributed by atoms with Crippen molar-refractivity contribution in [2.24, 2.45) is 10.7 Å². The lowest BCUT2D eigenvalue weighted by atomic mass is 9.91. The van der Waals surface area contributed by atoms with Gasteiger partial charge in [-0.1, -0.05) is 18.2 Å². The first-order chi connectivity index (χ1) is 16.8. The zero-order chi connectivity index (χ0) is 25.1. The highest BCUT2D eigenvalue weighted by molar-refractivity contribution is 6.03. The summed E-state index contributed by atoms with van der Waals surface area (Å²) in [5.41, 5.74) is 7.73. The number of fused-ring (bicyclic) bond motifs is 1. The van der Waals surface area contributed by atoms with Gasteiger partial charge in [-0.3, -0.25) is 15.1 Å². The molecule has 1 fully saturated rings. The number of hydrogen-bond donors (Lipinski definition) is 3. The molecule has 1 aliphatic carbocycles. The van der Waals surface area contributed by atoms with E-state index in [4.69, 9.17) is 15.5 Å². The zero-order valence-corrected chi connectivity index (χ0v) is 21.4. The SMILES string of the molecule is CC(=O)Oc1ccccc1CN=C1c2n[nH]nc2N(C(C)C)C(NC2CCC(N)CC2)N1C(C)C. The number of H-pyrrole nitrogens is 1. The maximum atomic E-state index is 11.6. The van der Waals surface area contributed by atoms with Crippen LogP contribution >= 0.6 is 0 Å². The van der Waals surface area contributed by atoms with Crippen LogP contribution in [-0.2, 0) is 11.3 Å². The second-order valence-corrected chi connectivity index (χ2v) is 9.99. The van der Waals surface area contributed by atoms with Crippen molar-refractivity contribution in [1.29, 1.82) is 0 Å². The molecule has 0 spiro atoms. The highest BCUT2D eigenvalue weighted by atomic mass is 16.5. The van der Waals surface area contributed by atoms with Gasteiger partial charge in [0.15, 0.2) is 23.6 Å². The van der Waals surface area contributed by atoms with Gasteiger partial charge in [0.25, 0.3) is 0 Å². The molecule has 0 amide bonds. The number of aliphatic imine (C=N–C) groups is 1. The van der Waals surface area contributed by atoms with Gasteiger partial charge in [-0.05, 0) is 59.4 Å². The lowest BCUT2D eigenvalue weighted by Crippen LogP contribution is -2.67. The maximum absolute atomic E-state index is 11.6. The largest absolute Gasteiger partial charge is 0.426 e. The molecule has 10 heteroatoms. The Hall–Kier alpha value is -2.98. The number of hydrogen-bond acceptors (Lipinski definition) is 8. The molecule has 1 aliphatic heterocycles. The first-order valence-corrected chi connectivity index (χ1v) is 12.6.